The molecule has 4 aliphatic rings. The summed E-state index contributed by atoms with van der Waals surface area (Å²) in [5.41, 5.74) is 0.887. The first-order valence-electron chi connectivity index (χ1n) is 18.6. The van der Waals surface area contributed by atoms with Gasteiger partial charge in [-0.2, -0.15) is 0 Å². The Kier molecular flexibility index (Phi) is 11.8. The fraction of sp³-hybridized carbons (Fsp3) is 0.872. The van der Waals surface area contributed by atoms with Crippen LogP contribution < -0.4 is 5.32 Å². The third-order valence-electron chi connectivity index (χ3n) is 14.7. The van der Waals surface area contributed by atoms with Gasteiger partial charge in [0.15, 0.2) is 8.32 Å². The lowest BCUT2D eigenvalue weighted by Gasteiger charge is -2.66. The first-order valence-corrected chi connectivity index (χ1v) is 21.2. The van der Waals surface area contributed by atoms with Gasteiger partial charge in [-0.1, -0.05) is 80.2 Å². The van der Waals surface area contributed by atoms with Gasteiger partial charge in [0.2, 0.25) is 5.91 Å². The standard InChI is InChI=1S/C39H67NO2Si/c1-10-24-40-36(41)19-17-16-18-28(7)32-20-21-33-37-34(26-30(12-3)39(32,33)9)38(8)23-22-29(11-2)25-31(38)27-35(37)42-43(13-4,14-5)15-6/h1,17,19,28-35,37H,11-16,18,20-27H2,2-9H3,(H,40,41)/b19-17+/t28-,29-,30+,31+,32-,33+,34+,35-,37?,38+,39-/m1/s1. The number of nitrogens with one attached hydrogen (secondary N) is 1. The van der Waals surface area contributed by atoms with Crippen LogP contribution in [0.15, 0.2) is 12.2 Å². The van der Waals surface area contributed by atoms with E-state index in [1.807, 2.05) is 0 Å². The van der Waals surface area contributed by atoms with Gasteiger partial charge in [0.25, 0.3) is 0 Å². The van der Waals surface area contributed by atoms with E-state index in [4.69, 9.17) is 10.8 Å². The molecule has 0 aromatic rings. The molecule has 0 heterocycles. The highest BCUT2D eigenvalue weighted by molar-refractivity contribution is 6.73. The van der Waals surface area contributed by atoms with Crippen LogP contribution in [0.2, 0.25) is 18.1 Å². The summed E-state index contributed by atoms with van der Waals surface area (Å²) in [6, 6.07) is 3.79. The number of hydrogen-bond acceptors (Lipinski definition) is 2. The van der Waals surface area contributed by atoms with Crippen molar-refractivity contribution >= 4 is 14.2 Å². The normalized spacial score (nSPS) is 39.9. The molecule has 1 amide bonds. The third-order valence-corrected chi connectivity index (χ3v) is 19.4. The number of terminal acetylenes is 1. The first kappa shape index (κ1) is 34.8. The maximum Gasteiger partial charge on any atom is 0.244 e. The fourth-order valence-electron chi connectivity index (χ4n) is 11.8. The maximum absolute atomic E-state index is 12.0. The van der Waals surface area contributed by atoms with Crippen molar-refractivity contribution in [3.05, 3.63) is 12.2 Å². The zero-order valence-electron chi connectivity index (χ0n) is 29.4. The third kappa shape index (κ3) is 6.61. The van der Waals surface area contributed by atoms with Gasteiger partial charge in [-0.15, -0.1) is 6.42 Å². The van der Waals surface area contributed by atoms with Crippen molar-refractivity contribution in [2.75, 3.05) is 6.54 Å². The summed E-state index contributed by atoms with van der Waals surface area (Å²) >= 11 is 0. The minimum absolute atomic E-state index is 0.0724. The average Bonchev–Trinajstić information content (AvgIpc) is 3.38. The van der Waals surface area contributed by atoms with Crippen LogP contribution in [-0.2, 0) is 9.22 Å². The first-order chi connectivity index (χ1) is 20.6. The Balaban J connectivity index is 1.62. The molecule has 4 saturated carbocycles. The van der Waals surface area contributed by atoms with Crippen LogP contribution in [0.4, 0.5) is 0 Å². The van der Waals surface area contributed by atoms with Gasteiger partial charge >= 0.3 is 0 Å². The van der Waals surface area contributed by atoms with Crippen molar-refractivity contribution < 1.29 is 9.22 Å². The molecule has 1 unspecified atom stereocenters. The van der Waals surface area contributed by atoms with E-state index in [-0.39, 0.29) is 5.91 Å². The van der Waals surface area contributed by atoms with E-state index in [1.54, 1.807) is 6.08 Å². The van der Waals surface area contributed by atoms with Crippen LogP contribution >= 0.6 is 0 Å². The quantitative estimate of drug-likeness (QED) is 0.128. The van der Waals surface area contributed by atoms with Gasteiger partial charge in [-0.05, 0) is 140 Å². The molecule has 0 aromatic carbocycles. The van der Waals surface area contributed by atoms with E-state index in [9.17, 15) is 4.79 Å². The molecule has 11 atom stereocenters. The smallest absolute Gasteiger partial charge is 0.244 e. The topological polar surface area (TPSA) is 38.3 Å². The number of carbonyl (C=O) groups excluding carboxylic acids is 1. The highest BCUT2D eigenvalue weighted by Crippen LogP contribution is 2.71. The molecule has 3 nitrogen and oxygen atoms in total. The molecule has 0 aromatic heterocycles. The van der Waals surface area contributed by atoms with E-state index in [2.05, 4.69) is 72.7 Å². The molecular formula is C39H67NO2Si. The molecule has 1 N–H and O–H groups in total. The summed E-state index contributed by atoms with van der Waals surface area (Å²) in [6.45, 7) is 20.5. The monoisotopic (exact) mass is 609 g/mol. The Morgan fingerprint density at radius 1 is 1.02 bits per heavy atom. The second-order valence-corrected chi connectivity index (χ2v) is 20.7. The van der Waals surface area contributed by atoms with E-state index >= 15 is 0 Å². The summed E-state index contributed by atoms with van der Waals surface area (Å²) in [4.78, 5) is 12.0. The van der Waals surface area contributed by atoms with Crippen molar-refractivity contribution in [1.29, 1.82) is 0 Å². The number of allylic oxidation sites excluding steroid dienone is 1. The number of amides is 1. The van der Waals surface area contributed by atoms with E-state index in [0.29, 0.717) is 29.4 Å². The van der Waals surface area contributed by atoms with Gasteiger partial charge in [-0.3, -0.25) is 4.79 Å². The van der Waals surface area contributed by atoms with Gasteiger partial charge in [0.05, 0.1) is 6.54 Å². The Morgan fingerprint density at radius 2 is 1.74 bits per heavy atom. The minimum atomic E-state index is -1.71. The largest absolute Gasteiger partial charge is 0.414 e. The van der Waals surface area contributed by atoms with Gasteiger partial charge in [0, 0.05) is 6.10 Å². The lowest BCUT2D eigenvalue weighted by atomic mass is 9.41. The van der Waals surface area contributed by atoms with Crippen molar-refractivity contribution in [3.63, 3.8) is 0 Å². The van der Waals surface area contributed by atoms with Crippen LogP contribution in [0, 0.1) is 70.5 Å². The van der Waals surface area contributed by atoms with E-state index in [0.717, 1.165) is 54.3 Å². The lowest BCUT2D eigenvalue weighted by molar-refractivity contribution is -0.185. The summed E-state index contributed by atoms with van der Waals surface area (Å²) < 4.78 is 7.69. The molecule has 244 valence electrons. The second-order valence-electron chi connectivity index (χ2n) is 15.9. The molecule has 4 rings (SSSR count). The fourth-order valence-corrected chi connectivity index (χ4v) is 14.7. The number of rotatable bonds is 13. The SMILES string of the molecule is C#CCNC(=O)/C=C/CC[C@@H](C)[C@H]1CC[C@H]2C3[C@H](O[Si](CC)(CC)CC)C[C@@H]4C[C@H](CC)CC[C@]4(C)[C@H]3C[C@H](CC)[C@]12C. The van der Waals surface area contributed by atoms with Gasteiger partial charge < -0.3 is 9.74 Å². The lowest BCUT2D eigenvalue weighted by Crippen LogP contribution is -2.62. The van der Waals surface area contributed by atoms with Crippen LogP contribution in [-0.4, -0.2) is 26.9 Å². The maximum atomic E-state index is 12.0. The summed E-state index contributed by atoms with van der Waals surface area (Å²) in [6.07, 6.45) is 24.2. The summed E-state index contributed by atoms with van der Waals surface area (Å²) in [5, 5.41) is 2.75. The molecule has 43 heavy (non-hydrogen) atoms. The van der Waals surface area contributed by atoms with Crippen LogP contribution in [0.3, 0.4) is 0 Å². The Morgan fingerprint density at radius 3 is 2.37 bits per heavy atom. The molecule has 0 radical (unpaired) electrons. The van der Waals surface area contributed by atoms with Gasteiger partial charge in [0.1, 0.15) is 0 Å². The zero-order chi connectivity index (χ0) is 31.4. The van der Waals surface area contributed by atoms with Crippen LogP contribution in [0.5, 0.6) is 0 Å². The zero-order valence-corrected chi connectivity index (χ0v) is 30.4. The summed E-state index contributed by atoms with van der Waals surface area (Å²) in [5.74, 6) is 8.77. The Bertz CT molecular complexity index is 989. The minimum Gasteiger partial charge on any atom is -0.414 e. The van der Waals surface area contributed by atoms with Crippen molar-refractivity contribution in [2.45, 2.75) is 150 Å². The van der Waals surface area contributed by atoms with E-state index < -0.39 is 8.32 Å². The average molecular weight is 610 g/mol. The Hall–Kier alpha value is -1.05. The molecule has 4 heteroatoms. The number of carbonyl (C=O) groups is 1. The summed E-state index contributed by atoms with van der Waals surface area (Å²) in [7, 11) is -1.71. The van der Waals surface area contributed by atoms with Gasteiger partial charge in [-0.25, -0.2) is 0 Å². The van der Waals surface area contributed by atoms with E-state index in [1.165, 1.54) is 75.9 Å². The predicted octanol–water partition coefficient (Wildman–Crippen LogP) is 10.0. The highest BCUT2D eigenvalue weighted by atomic mass is 28.4. The molecule has 4 aliphatic carbocycles. The van der Waals surface area contributed by atoms with Crippen molar-refractivity contribution in [2.24, 2.45) is 58.2 Å². The van der Waals surface area contributed by atoms with Crippen LogP contribution in [0.25, 0.3) is 0 Å². The predicted molar refractivity (Wildman–Crippen MR) is 185 cm³/mol. The van der Waals surface area contributed by atoms with Crippen molar-refractivity contribution in [1.82, 2.24) is 5.32 Å². The molecule has 0 spiro atoms. The molecular weight excluding hydrogens is 543 g/mol. The van der Waals surface area contributed by atoms with Crippen LogP contribution in [0.1, 0.15) is 126 Å². The molecule has 0 bridgehead atoms. The Labute approximate surface area is 267 Å². The van der Waals surface area contributed by atoms with Crippen molar-refractivity contribution in [3.8, 4) is 12.3 Å². The molecule has 0 saturated heterocycles. The number of fused-ring (bicyclic) bond motifs is 5. The number of hydrogen-bond donors (Lipinski definition) is 1. The highest BCUT2D eigenvalue weighted by Gasteiger charge is 2.66. The second kappa shape index (κ2) is 14.6. The molecule has 0 aliphatic heterocycles. The molecule has 4 fully saturated rings.